The van der Waals surface area contributed by atoms with E-state index in [1.165, 1.54) is 5.56 Å². The molecule has 1 aliphatic rings. The summed E-state index contributed by atoms with van der Waals surface area (Å²) in [6.07, 6.45) is 0. The second-order valence-electron chi connectivity index (χ2n) is 7.29. The fourth-order valence-corrected chi connectivity index (χ4v) is 4.36. The molecule has 0 radical (unpaired) electrons. The zero-order valence-electron chi connectivity index (χ0n) is 17.1. The van der Waals surface area contributed by atoms with Crippen LogP contribution < -0.4 is 4.90 Å². The SMILES string of the molecule is c1ccc(Cn2c(SCc3cc(-c4ccccc4)on3)nnc2N2CCOCC2)cc1. The normalized spacial score (nSPS) is 14.1. The lowest BCUT2D eigenvalue weighted by atomic mass is 10.2. The van der Waals surface area contributed by atoms with Crippen molar-refractivity contribution in [2.24, 2.45) is 0 Å². The molecule has 0 bridgehead atoms. The summed E-state index contributed by atoms with van der Waals surface area (Å²) in [6.45, 7) is 3.78. The van der Waals surface area contributed by atoms with Gasteiger partial charge in [0.25, 0.3) is 0 Å². The maximum atomic E-state index is 5.54. The quantitative estimate of drug-likeness (QED) is 0.406. The first-order chi connectivity index (χ1) is 15.4. The van der Waals surface area contributed by atoms with Crippen LogP contribution in [0, 0.1) is 0 Å². The van der Waals surface area contributed by atoms with Gasteiger partial charge >= 0.3 is 0 Å². The number of hydrogen-bond acceptors (Lipinski definition) is 7. The van der Waals surface area contributed by atoms with Crippen LogP contribution in [0.25, 0.3) is 11.3 Å². The average molecular weight is 434 g/mol. The smallest absolute Gasteiger partial charge is 0.228 e. The lowest BCUT2D eigenvalue weighted by Crippen LogP contribution is -2.38. The molecular weight excluding hydrogens is 410 g/mol. The standard InChI is InChI=1S/C23H23N5O2S/c1-3-7-18(8-4-1)16-28-22(27-11-13-29-14-12-27)24-25-23(28)31-17-20-15-21(30-26-20)19-9-5-2-6-10-19/h1-10,15H,11-14,16-17H2. The first-order valence-electron chi connectivity index (χ1n) is 10.3. The summed E-state index contributed by atoms with van der Waals surface area (Å²) in [5, 5.41) is 14.1. The van der Waals surface area contributed by atoms with Crippen molar-refractivity contribution in [2.45, 2.75) is 17.5 Å². The van der Waals surface area contributed by atoms with Crippen LogP contribution in [-0.4, -0.2) is 46.2 Å². The van der Waals surface area contributed by atoms with Crippen molar-refractivity contribution in [1.82, 2.24) is 19.9 Å². The van der Waals surface area contributed by atoms with Crippen molar-refractivity contribution in [3.8, 4) is 11.3 Å². The van der Waals surface area contributed by atoms with E-state index in [1.807, 2.05) is 42.5 Å². The van der Waals surface area contributed by atoms with Crippen LogP contribution in [0.5, 0.6) is 0 Å². The van der Waals surface area contributed by atoms with Crippen LogP contribution in [0.3, 0.4) is 0 Å². The van der Waals surface area contributed by atoms with Gasteiger partial charge in [0.05, 0.1) is 25.5 Å². The largest absolute Gasteiger partial charge is 0.378 e. The molecule has 7 nitrogen and oxygen atoms in total. The van der Waals surface area contributed by atoms with Gasteiger partial charge in [0, 0.05) is 30.5 Å². The monoisotopic (exact) mass is 433 g/mol. The molecule has 1 saturated heterocycles. The molecule has 1 aliphatic heterocycles. The molecule has 31 heavy (non-hydrogen) atoms. The van der Waals surface area contributed by atoms with Gasteiger partial charge in [-0.3, -0.25) is 4.57 Å². The van der Waals surface area contributed by atoms with Gasteiger partial charge < -0.3 is 14.2 Å². The van der Waals surface area contributed by atoms with E-state index < -0.39 is 0 Å². The molecule has 0 spiro atoms. The summed E-state index contributed by atoms with van der Waals surface area (Å²) in [6, 6.07) is 22.4. The van der Waals surface area contributed by atoms with Crippen LogP contribution >= 0.6 is 11.8 Å². The Hall–Kier alpha value is -3.10. The van der Waals surface area contributed by atoms with Crippen LogP contribution in [0.15, 0.2) is 76.4 Å². The van der Waals surface area contributed by atoms with E-state index in [9.17, 15) is 0 Å². The Morgan fingerprint density at radius 3 is 2.42 bits per heavy atom. The zero-order chi connectivity index (χ0) is 20.9. The molecule has 2 aromatic carbocycles. The third kappa shape index (κ3) is 4.65. The van der Waals surface area contributed by atoms with Crippen molar-refractivity contribution in [2.75, 3.05) is 31.2 Å². The van der Waals surface area contributed by atoms with Crippen molar-refractivity contribution >= 4 is 17.7 Å². The van der Waals surface area contributed by atoms with E-state index >= 15 is 0 Å². The number of ether oxygens (including phenoxy) is 1. The number of thioether (sulfide) groups is 1. The van der Waals surface area contributed by atoms with Gasteiger partial charge in [0.15, 0.2) is 10.9 Å². The van der Waals surface area contributed by atoms with E-state index in [-0.39, 0.29) is 0 Å². The number of hydrogen-bond donors (Lipinski definition) is 0. The first-order valence-corrected chi connectivity index (χ1v) is 11.3. The summed E-state index contributed by atoms with van der Waals surface area (Å²) in [5.41, 5.74) is 3.12. The van der Waals surface area contributed by atoms with Crippen molar-refractivity contribution in [1.29, 1.82) is 0 Å². The molecule has 1 fully saturated rings. The highest BCUT2D eigenvalue weighted by molar-refractivity contribution is 7.98. The molecule has 0 atom stereocenters. The summed E-state index contributed by atoms with van der Waals surface area (Å²) in [4.78, 5) is 2.24. The summed E-state index contributed by atoms with van der Waals surface area (Å²) < 4.78 is 13.2. The molecular formula is C23H23N5O2S. The average Bonchev–Trinajstić information content (AvgIpc) is 3.47. The molecule has 2 aromatic heterocycles. The molecule has 0 amide bonds. The van der Waals surface area contributed by atoms with Crippen LogP contribution in [0.2, 0.25) is 0 Å². The highest BCUT2D eigenvalue weighted by Gasteiger charge is 2.21. The van der Waals surface area contributed by atoms with E-state index in [0.717, 1.165) is 47.8 Å². The van der Waals surface area contributed by atoms with Crippen molar-refractivity contribution < 1.29 is 9.26 Å². The van der Waals surface area contributed by atoms with Crippen LogP contribution in [0.1, 0.15) is 11.3 Å². The maximum absolute atomic E-state index is 5.54. The van der Waals surface area contributed by atoms with E-state index in [0.29, 0.717) is 19.0 Å². The minimum Gasteiger partial charge on any atom is -0.378 e. The predicted octanol–water partition coefficient (Wildman–Crippen LogP) is 4.11. The van der Waals surface area contributed by atoms with Gasteiger partial charge in [-0.15, -0.1) is 10.2 Å². The summed E-state index contributed by atoms with van der Waals surface area (Å²) in [7, 11) is 0. The second kappa shape index (κ2) is 9.36. The van der Waals surface area contributed by atoms with Gasteiger partial charge in [0.2, 0.25) is 5.95 Å². The van der Waals surface area contributed by atoms with Gasteiger partial charge in [0.1, 0.15) is 0 Å². The lowest BCUT2D eigenvalue weighted by molar-refractivity contribution is 0.121. The first kappa shape index (κ1) is 19.8. The Morgan fingerprint density at radius 1 is 0.903 bits per heavy atom. The number of morpholine rings is 1. The van der Waals surface area contributed by atoms with Crippen LogP contribution in [0.4, 0.5) is 5.95 Å². The second-order valence-corrected chi connectivity index (χ2v) is 8.23. The molecule has 0 unspecified atom stereocenters. The Morgan fingerprint density at radius 2 is 1.65 bits per heavy atom. The Kier molecular flexibility index (Phi) is 5.99. The molecule has 158 valence electrons. The number of anilines is 1. The molecule has 8 heteroatoms. The number of rotatable bonds is 7. The molecule has 4 aromatic rings. The summed E-state index contributed by atoms with van der Waals surface area (Å²) in [5.74, 6) is 2.32. The van der Waals surface area contributed by atoms with Crippen molar-refractivity contribution in [3.63, 3.8) is 0 Å². The molecule has 0 saturated carbocycles. The fraction of sp³-hybridized carbons (Fsp3) is 0.261. The number of benzene rings is 2. The summed E-state index contributed by atoms with van der Waals surface area (Å²) >= 11 is 1.62. The topological polar surface area (TPSA) is 69.2 Å². The number of nitrogens with zero attached hydrogens (tertiary/aromatic N) is 5. The third-order valence-corrected chi connectivity index (χ3v) is 6.14. The maximum Gasteiger partial charge on any atom is 0.228 e. The third-order valence-electron chi connectivity index (χ3n) is 5.14. The minimum absolute atomic E-state index is 0.659. The Labute approximate surface area is 185 Å². The fourth-order valence-electron chi connectivity index (χ4n) is 3.55. The Bertz CT molecular complexity index is 1110. The minimum atomic E-state index is 0.659. The van der Waals surface area contributed by atoms with E-state index in [4.69, 9.17) is 9.26 Å². The molecule has 3 heterocycles. The van der Waals surface area contributed by atoms with E-state index in [2.05, 4.69) is 49.1 Å². The highest BCUT2D eigenvalue weighted by Crippen LogP contribution is 2.28. The number of aromatic nitrogens is 4. The Balaban J connectivity index is 1.36. The zero-order valence-corrected chi connectivity index (χ0v) is 17.9. The van der Waals surface area contributed by atoms with Gasteiger partial charge in [-0.2, -0.15) is 0 Å². The van der Waals surface area contributed by atoms with Gasteiger partial charge in [-0.05, 0) is 5.56 Å². The van der Waals surface area contributed by atoms with Gasteiger partial charge in [-0.25, -0.2) is 0 Å². The van der Waals surface area contributed by atoms with Gasteiger partial charge in [-0.1, -0.05) is 77.6 Å². The molecule has 0 aliphatic carbocycles. The molecule has 0 N–H and O–H groups in total. The van der Waals surface area contributed by atoms with Crippen LogP contribution in [-0.2, 0) is 17.0 Å². The van der Waals surface area contributed by atoms with E-state index in [1.54, 1.807) is 11.8 Å². The molecule has 5 rings (SSSR count). The highest BCUT2D eigenvalue weighted by atomic mass is 32.2. The lowest BCUT2D eigenvalue weighted by Gasteiger charge is -2.28. The van der Waals surface area contributed by atoms with Crippen molar-refractivity contribution in [3.05, 3.63) is 78.0 Å². The predicted molar refractivity (Wildman–Crippen MR) is 120 cm³/mol.